The number of ether oxygens (including phenoxy) is 1. The Labute approximate surface area is 77.7 Å². The molecule has 0 aliphatic rings. The van der Waals surface area contributed by atoms with E-state index in [1.54, 1.807) is 7.11 Å². The molecule has 1 aromatic carbocycles. The van der Waals surface area contributed by atoms with Crippen LogP contribution in [0, 0.1) is 0 Å². The van der Waals surface area contributed by atoms with E-state index >= 15 is 0 Å². The summed E-state index contributed by atoms with van der Waals surface area (Å²) in [6, 6.07) is 7.57. The second kappa shape index (κ2) is 5.41. The van der Waals surface area contributed by atoms with Crippen LogP contribution in [-0.2, 0) is 0 Å². The van der Waals surface area contributed by atoms with Crippen molar-refractivity contribution in [2.45, 2.75) is 6.42 Å². The minimum atomic E-state index is -0.275. The normalized spacial score (nSPS) is 9.69. The highest BCUT2D eigenvalue weighted by atomic mass is 19.1. The quantitative estimate of drug-likeness (QED) is 0.708. The van der Waals surface area contributed by atoms with E-state index in [0.717, 1.165) is 11.4 Å². The lowest BCUT2D eigenvalue weighted by Gasteiger charge is -2.05. The van der Waals surface area contributed by atoms with Crippen molar-refractivity contribution in [1.82, 2.24) is 0 Å². The molecule has 0 heterocycles. The zero-order valence-electron chi connectivity index (χ0n) is 7.72. The Morgan fingerprint density at radius 3 is 2.54 bits per heavy atom. The first-order valence-electron chi connectivity index (χ1n) is 4.30. The van der Waals surface area contributed by atoms with Crippen molar-refractivity contribution in [2.75, 3.05) is 25.6 Å². The summed E-state index contributed by atoms with van der Waals surface area (Å²) in [5.41, 5.74) is 0.995. The summed E-state index contributed by atoms with van der Waals surface area (Å²) >= 11 is 0. The molecule has 3 heteroatoms. The van der Waals surface area contributed by atoms with E-state index in [1.165, 1.54) is 0 Å². The van der Waals surface area contributed by atoms with Crippen LogP contribution in [0.3, 0.4) is 0 Å². The zero-order chi connectivity index (χ0) is 9.52. The van der Waals surface area contributed by atoms with Crippen LogP contribution in [0.25, 0.3) is 0 Å². The van der Waals surface area contributed by atoms with Gasteiger partial charge in [0.15, 0.2) is 0 Å². The number of methoxy groups -OCH3 is 1. The Kier molecular flexibility index (Phi) is 4.09. The van der Waals surface area contributed by atoms with Crippen LogP contribution in [0.2, 0.25) is 0 Å². The first-order valence-corrected chi connectivity index (χ1v) is 4.30. The van der Waals surface area contributed by atoms with E-state index in [0.29, 0.717) is 13.0 Å². The van der Waals surface area contributed by atoms with Crippen molar-refractivity contribution in [3.8, 4) is 5.75 Å². The lowest BCUT2D eigenvalue weighted by molar-refractivity contribution is 0.415. The average molecular weight is 183 g/mol. The van der Waals surface area contributed by atoms with Crippen molar-refractivity contribution >= 4 is 5.69 Å². The molecule has 0 aliphatic carbocycles. The number of anilines is 1. The van der Waals surface area contributed by atoms with Crippen molar-refractivity contribution in [2.24, 2.45) is 0 Å². The lowest BCUT2D eigenvalue weighted by atomic mass is 10.3. The molecule has 1 aromatic rings. The number of hydrogen-bond acceptors (Lipinski definition) is 2. The van der Waals surface area contributed by atoms with Gasteiger partial charge >= 0.3 is 0 Å². The van der Waals surface area contributed by atoms with Gasteiger partial charge in [-0.05, 0) is 30.7 Å². The molecule has 1 rings (SSSR count). The van der Waals surface area contributed by atoms with Gasteiger partial charge in [0.1, 0.15) is 5.75 Å². The maximum absolute atomic E-state index is 11.8. The standard InChI is InChI=1S/C10H14FNO/c1-13-10-5-3-9(4-6-10)12-8-2-7-11/h3-6,12H,2,7-8H2,1H3. The van der Waals surface area contributed by atoms with Crippen molar-refractivity contribution < 1.29 is 9.13 Å². The average Bonchev–Trinajstić information content (AvgIpc) is 2.19. The van der Waals surface area contributed by atoms with E-state index < -0.39 is 0 Å². The van der Waals surface area contributed by atoms with Crippen molar-refractivity contribution in [3.63, 3.8) is 0 Å². The van der Waals surface area contributed by atoms with Crippen LogP contribution in [0.1, 0.15) is 6.42 Å². The van der Waals surface area contributed by atoms with E-state index in [-0.39, 0.29) is 6.67 Å². The Balaban J connectivity index is 2.40. The SMILES string of the molecule is COc1ccc(NCCCF)cc1. The molecule has 0 saturated carbocycles. The molecule has 0 atom stereocenters. The highest BCUT2D eigenvalue weighted by molar-refractivity contribution is 5.46. The number of alkyl halides is 1. The fraction of sp³-hybridized carbons (Fsp3) is 0.400. The van der Waals surface area contributed by atoms with Gasteiger partial charge in [-0.3, -0.25) is 4.39 Å². The Morgan fingerprint density at radius 1 is 1.31 bits per heavy atom. The monoisotopic (exact) mass is 183 g/mol. The summed E-state index contributed by atoms with van der Waals surface area (Å²) in [4.78, 5) is 0. The molecule has 0 radical (unpaired) electrons. The summed E-state index contributed by atoms with van der Waals surface area (Å²) in [7, 11) is 1.63. The molecule has 0 fully saturated rings. The van der Waals surface area contributed by atoms with Gasteiger partial charge in [-0.2, -0.15) is 0 Å². The van der Waals surface area contributed by atoms with Crippen LogP contribution in [0.15, 0.2) is 24.3 Å². The number of nitrogens with one attached hydrogen (secondary N) is 1. The molecule has 0 aromatic heterocycles. The molecule has 2 nitrogen and oxygen atoms in total. The summed E-state index contributed by atoms with van der Waals surface area (Å²) in [5.74, 6) is 0.830. The van der Waals surface area contributed by atoms with Gasteiger partial charge in [-0.15, -0.1) is 0 Å². The smallest absolute Gasteiger partial charge is 0.119 e. The first kappa shape index (κ1) is 9.84. The maximum Gasteiger partial charge on any atom is 0.119 e. The van der Waals surface area contributed by atoms with Crippen LogP contribution >= 0.6 is 0 Å². The van der Waals surface area contributed by atoms with E-state index in [2.05, 4.69) is 5.32 Å². The molecule has 1 N–H and O–H groups in total. The van der Waals surface area contributed by atoms with Gasteiger partial charge in [-0.25, -0.2) is 0 Å². The van der Waals surface area contributed by atoms with Gasteiger partial charge in [0.25, 0.3) is 0 Å². The summed E-state index contributed by atoms with van der Waals surface area (Å²) in [6.45, 7) is 0.395. The number of benzene rings is 1. The largest absolute Gasteiger partial charge is 0.497 e. The molecule has 13 heavy (non-hydrogen) atoms. The van der Waals surface area contributed by atoms with Gasteiger partial charge in [0, 0.05) is 12.2 Å². The summed E-state index contributed by atoms with van der Waals surface area (Å²) in [6.07, 6.45) is 0.548. The Bertz CT molecular complexity index is 235. The predicted molar refractivity (Wildman–Crippen MR) is 52.1 cm³/mol. The third-order valence-corrected chi connectivity index (χ3v) is 1.73. The van der Waals surface area contributed by atoms with E-state index in [1.807, 2.05) is 24.3 Å². The second-order valence-electron chi connectivity index (χ2n) is 2.70. The minimum absolute atomic E-state index is 0.275. The Hall–Kier alpha value is -1.25. The molecule has 0 amide bonds. The first-order chi connectivity index (χ1) is 6.36. The molecular formula is C10H14FNO. The summed E-state index contributed by atoms with van der Waals surface area (Å²) in [5, 5.41) is 3.10. The third-order valence-electron chi connectivity index (χ3n) is 1.73. The van der Waals surface area contributed by atoms with Gasteiger partial charge < -0.3 is 10.1 Å². The molecule has 0 aliphatic heterocycles. The topological polar surface area (TPSA) is 21.3 Å². The molecule has 0 unspecified atom stereocenters. The number of rotatable bonds is 5. The van der Waals surface area contributed by atoms with E-state index in [4.69, 9.17) is 4.74 Å². The molecule has 0 spiro atoms. The molecule has 0 bridgehead atoms. The van der Waals surface area contributed by atoms with Crippen LogP contribution in [0.4, 0.5) is 10.1 Å². The minimum Gasteiger partial charge on any atom is -0.497 e. The number of halogens is 1. The van der Waals surface area contributed by atoms with Crippen molar-refractivity contribution in [1.29, 1.82) is 0 Å². The van der Waals surface area contributed by atoms with Crippen LogP contribution in [0.5, 0.6) is 5.75 Å². The van der Waals surface area contributed by atoms with Gasteiger partial charge in [0.05, 0.1) is 13.8 Å². The lowest BCUT2D eigenvalue weighted by Crippen LogP contribution is -2.01. The van der Waals surface area contributed by atoms with Crippen molar-refractivity contribution in [3.05, 3.63) is 24.3 Å². The predicted octanol–water partition coefficient (Wildman–Crippen LogP) is 2.47. The van der Waals surface area contributed by atoms with Crippen LogP contribution in [-0.4, -0.2) is 20.3 Å². The highest BCUT2D eigenvalue weighted by Crippen LogP contribution is 2.14. The van der Waals surface area contributed by atoms with Gasteiger partial charge in [-0.1, -0.05) is 0 Å². The molecule has 0 saturated heterocycles. The number of hydrogen-bond donors (Lipinski definition) is 1. The fourth-order valence-electron chi connectivity index (χ4n) is 1.01. The third kappa shape index (κ3) is 3.32. The zero-order valence-corrected chi connectivity index (χ0v) is 7.72. The van der Waals surface area contributed by atoms with Crippen LogP contribution < -0.4 is 10.1 Å². The molecule has 72 valence electrons. The molecular weight excluding hydrogens is 169 g/mol. The highest BCUT2D eigenvalue weighted by Gasteiger charge is 1.92. The summed E-state index contributed by atoms with van der Waals surface area (Å²) < 4.78 is 16.8. The van der Waals surface area contributed by atoms with E-state index in [9.17, 15) is 4.39 Å². The maximum atomic E-state index is 11.8. The second-order valence-corrected chi connectivity index (χ2v) is 2.70. The fourth-order valence-corrected chi connectivity index (χ4v) is 1.01. The Morgan fingerprint density at radius 2 is 2.00 bits per heavy atom. The van der Waals surface area contributed by atoms with Gasteiger partial charge in [0.2, 0.25) is 0 Å².